The van der Waals surface area contributed by atoms with Gasteiger partial charge in [0.25, 0.3) is 11.8 Å². The van der Waals surface area contributed by atoms with Crippen molar-refractivity contribution in [1.29, 1.82) is 0 Å². The number of methoxy groups -OCH3 is 1. The number of esters is 1. The minimum atomic E-state index is -0.332. The van der Waals surface area contributed by atoms with E-state index >= 15 is 0 Å². The number of thioether (sulfide) groups is 1. The number of carbonyl (C=O) groups excluding carboxylic acids is 3. The number of nitrogens with one attached hydrogen (secondary N) is 2. The highest BCUT2D eigenvalue weighted by atomic mass is 32.2. The number of amides is 2. The fourth-order valence-electron chi connectivity index (χ4n) is 3.20. The van der Waals surface area contributed by atoms with E-state index in [9.17, 15) is 14.4 Å². The molecule has 0 bridgehead atoms. The van der Waals surface area contributed by atoms with Crippen LogP contribution < -0.4 is 10.2 Å². The molecule has 2 amide bonds. The fourth-order valence-corrected chi connectivity index (χ4v) is 4.33. The quantitative estimate of drug-likeness (QED) is 0.607. The third-order valence-corrected chi connectivity index (χ3v) is 5.88. The van der Waals surface area contributed by atoms with Gasteiger partial charge in [0, 0.05) is 24.5 Å². The highest BCUT2D eigenvalue weighted by molar-refractivity contribution is 8.00. The molecule has 1 fully saturated rings. The van der Waals surface area contributed by atoms with Gasteiger partial charge in [-0.05, 0) is 25.0 Å². The van der Waals surface area contributed by atoms with Crippen LogP contribution in [0, 0.1) is 6.92 Å². The molecule has 0 aliphatic carbocycles. The lowest BCUT2D eigenvalue weighted by molar-refractivity contribution is -0.884. The topological polar surface area (TPSA) is 80.2 Å². The number of nitrogens with zero attached hydrogens (tertiary/aromatic N) is 1. The predicted molar refractivity (Wildman–Crippen MR) is 111 cm³/mol. The molecule has 1 aliphatic heterocycles. The van der Waals surface area contributed by atoms with Gasteiger partial charge in [-0.25, -0.2) is 0 Å². The average Bonchev–Trinajstić information content (AvgIpc) is 2.69. The monoisotopic (exact) mass is 408 g/mol. The van der Waals surface area contributed by atoms with Crippen LogP contribution in [-0.2, 0) is 19.1 Å². The van der Waals surface area contributed by atoms with Crippen LogP contribution in [0.4, 0.5) is 5.69 Å². The summed E-state index contributed by atoms with van der Waals surface area (Å²) < 4.78 is 4.80. The summed E-state index contributed by atoms with van der Waals surface area (Å²) in [4.78, 5) is 39.6. The van der Waals surface area contributed by atoms with Crippen molar-refractivity contribution in [1.82, 2.24) is 4.90 Å². The summed E-state index contributed by atoms with van der Waals surface area (Å²) in [7, 11) is 1.36. The van der Waals surface area contributed by atoms with Crippen molar-refractivity contribution >= 4 is 35.2 Å². The zero-order valence-electron chi connectivity index (χ0n) is 16.8. The summed E-state index contributed by atoms with van der Waals surface area (Å²) in [5.74, 6) is 0.286. The SMILES string of the molecule is CCC[NH+](CC(=O)Nc1ccccc1C)CC(=O)N1CCS[C@@H](C(=O)OC)C1. The van der Waals surface area contributed by atoms with Gasteiger partial charge in [-0.2, -0.15) is 0 Å². The third-order valence-electron chi connectivity index (χ3n) is 4.72. The van der Waals surface area contributed by atoms with Crippen LogP contribution in [0.3, 0.4) is 0 Å². The Morgan fingerprint density at radius 2 is 2.04 bits per heavy atom. The first-order valence-corrected chi connectivity index (χ1v) is 10.7. The second-order valence-corrected chi connectivity index (χ2v) is 8.25. The highest BCUT2D eigenvalue weighted by Gasteiger charge is 2.31. The van der Waals surface area contributed by atoms with Gasteiger partial charge in [-0.1, -0.05) is 25.1 Å². The molecule has 1 aromatic rings. The van der Waals surface area contributed by atoms with E-state index in [1.165, 1.54) is 18.9 Å². The van der Waals surface area contributed by atoms with E-state index in [-0.39, 0.29) is 36.1 Å². The van der Waals surface area contributed by atoms with Gasteiger partial charge in [-0.15, -0.1) is 11.8 Å². The van der Waals surface area contributed by atoms with E-state index in [0.29, 0.717) is 18.8 Å². The maximum atomic E-state index is 12.7. The minimum Gasteiger partial charge on any atom is -0.468 e. The van der Waals surface area contributed by atoms with Crippen molar-refractivity contribution < 1.29 is 24.0 Å². The summed E-state index contributed by atoms with van der Waals surface area (Å²) in [5, 5.41) is 2.60. The number of rotatable bonds is 8. The van der Waals surface area contributed by atoms with Gasteiger partial charge < -0.3 is 19.9 Å². The molecule has 1 heterocycles. The molecule has 1 unspecified atom stereocenters. The average molecular weight is 409 g/mol. The molecule has 0 aromatic heterocycles. The van der Waals surface area contributed by atoms with Crippen LogP contribution >= 0.6 is 11.8 Å². The second-order valence-electron chi connectivity index (χ2n) is 6.94. The first kappa shape index (κ1) is 22.2. The van der Waals surface area contributed by atoms with Crippen LogP contribution in [0.25, 0.3) is 0 Å². The van der Waals surface area contributed by atoms with Crippen LogP contribution in [0.2, 0.25) is 0 Å². The van der Waals surface area contributed by atoms with E-state index in [4.69, 9.17) is 4.74 Å². The molecule has 0 saturated carbocycles. The Balaban J connectivity index is 1.92. The van der Waals surface area contributed by atoms with Crippen molar-refractivity contribution in [3.05, 3.63) is 29.8 Å². The minimum absolute atomic E-state index is 0.0265. The number of hydrogen-bond acceptors (Lipinski definition) is 5. The molecule has 28 heavy (non-hydrogen) atoms. The van der Waals surface area contributed by atoms with Crippen molar-refractivity contribution in [2.75, 3.05) is 50.9 Å². The zero-order chi connectivity index (χ0) is 20.5. The summed E-state index contributed by atoms with van der Waals surface area (Å²) in [5.41, 5.74) is 1.80. The number of quaternary nitrogens is 1. The summed E-state index contributed by atoms with van der Waals surface area (Å²) >= 11 is 1.52. The van der Waals surface area contributed by atoms with Crippen LogP contribution in [0.15, 0.2) is 24.3 Å². The molecular weight excluding hydrogens is 378 g/mol. The van der Waals surface area contributed by atoms with E-state index in [2.05, 4.69) is 5.32 Å². The molecule has 1 aromatic carbocycles. The standard InChI is InChI=1S/C20H29N3O4S/c1-4-9-22(13-18(24)21-16-8-6-5-7-15(16)2)14-19(25)23-10-11-28-17(12-23)20(26)27-3/h5-8,17H,4,9-14H2,1-3H3,(H,21,24)/p+1/t17-/m1/s1. The first-order valence-electron chi connectivity index (χ1n) is 9.60. The number of benzene rings is 1. The Hall–Kier alpha value is -2.06. The smallest absolute Gasteiger partial charge is 0.320 e. The Bertz CT molecular complexity index is 698. The van der Waals surface area contributed by atoms with Crippen molar-refractivity contribution in [3.8, 4) is 0 Å². The maximum Gasteiger partial charge on any atom is 0.320 e. The number of aryl methyl sites for hydroxylation is 1. The number of para-hydroxylation sites is 1. The summed E-state index contributed by atoms with van der Waals surface area (Å²) in [6, 6.07) is 7.63. The van der Waals surface area contributed by atoms with Gasteiger partial charge in [0.2, 0.25) is 0 Å². The lowest BCUT2D eigenvalue weighted by Crippen LogP contribution is -3.14. The Kier molecular flexibility index (Phi) is 8.79. The van der Waals surface area contributed by atoms with Gasteiger partial charge in [0.05, 0.1) is 13.7 Å². The van der Waals surface area contributed by atoms with Crippen LogP contribution in [-0.4, -0.2) is 73.5 Å². The molecule has 2 atom stereocenters. The zero-order valence-corrected chi connectivity index (χ0v) is 17.6. The van der Waals surface area contributed by atoms with E-state index in [1.54, 1.807) is 4.90 Å². The molecule has 0 radical (unpaired) electrons. The van der Waals surface area contributed by atoms with Crippen molar-refractivity contribution in [3.63, 3.8) is 0 Å². The maximum absolute atomic E-state index is 12.7. The van der Waals surface area contributed by atoms with Gasteiger partial charge >= 0.3 is 5.97 Å². The van der Waals surface area contributed by atoms with Gasteiger partial charge in [0.15, 0.2) is 13.1 Å². The molecular formula is C20H30N3O4S+. The van der Waals surface area contributed by atoms with E-state index in [0.717, 1.165) is 29.1 Å². The summed E-state index contributed by atoms with van der Waals surface area (Å²) in [6.45, 7) is 6.17. The molecule has 154 valence electrons. The Morgan fingerprint density at radius 3 is 2.71 bits per heavy atom. The molecule has 1 aliphatic rings. The molecule has 8 heteroatoms. The van der Waals surface area contributed by atoms with Gasteiger partial charge in [-0.3, -0.25) is 14.4 Å². The number of ether oxygens (including phenoxy) is 1. The van der Waals surface area contributed by atoms with Crippen LogP contribution in [0.1, 0.15) is 18.9 Å². The second kappa shape index (κ2) is 11.1. The molecule has 2 N–H and O–H groups in total. The Labute approximate surface area is 170 Å². The molecule has 1 saturated heterocycles. The van der Waals surface area contributed by atoms with Crippen molar-refractivity contribution in [2.45, 2.75) is 25.5 Å². The lowest BCUT2D eigenvalue weighted by atomic mass is 10.2. The fraction of sp³-hybridized carbons (Fsp3) is 0.550. The predicted octanol–water partition coefficient (Wildman–Crippen LogP) is 0.345. The van der Waals surface area contributed by atoms with E-state index < -0.39 is 0 Å². The van der Waals surface area contributed by atoms with Crippen LogP contribution in [0.5, 0.6) is 0 Å². The highest BCUT2D eigenvalue weighted by Crippen LogP contribution is 2.19. The molecule has 0 spiro atoms. The third kappa shape index (κ3) is 6.53. The number of carbonyl (C=O) groups is 3. The van der Waals surface area contributed by atoms with Gasteiger partial charge in [0.1, 0.15) is 5.25 Å². The molecule has 7 nitrogen and oxygen atoms in total. The molecule has 2 rings (SSSR count). The number of hydrogen-bond donors (Lipinski definition) is 2. The summed E-state index contributed by atoms with van der Waals surface area (Å²) in [6.07, 6.45) is 0.876. The Morgan fingerprint density at radius 1 is 1.29 bits per heavy atom. The van der Waals surface area contributed by atoms with Crippen molar-refractivity contribution in [2.24, 2.45) is 0 Å². The normalized spacial score (nSPS) is 17.7. The number of anilines is 1. The lowest BCUT2D eigenvalue weighted by Gasteiger charge is -2.31. The van der Waals surface area contributed by atoms with E-state index in [1.807, 2.05) is 38.1 Å². The first-order chi connectivity index (χ1) is 13.4. The largest absolute Gasteiger partial charge is 0.468 e.